The highest BCUT2D eigenvalue weighted by molar-refractivity contribution is 7.25. The maximum Gasteiger partial charge on any atom is 0.136 e. The quantitative estimate of drug-likeness (QED) is 0.196. The normalized spacial score (nSPS) is 11.9. The molecule has 10 aromatic rings. The van der Waals surface area contributed by atoms with E-state index >= 15 is 0 Å². The molecule has 0 spiro atoms. The average Bonchev–Trinajstić information content (AvgIpc) is 3.68. The lowest BCUT2D eigenvalue weighted by molar-refractivity contribution is 0.669. The van der Waals surface area contributed by atoms with Gasteiger partial charge in [0.1, 0.15) is 11.2 Å². The molecule has 0 fully saturated rings. The Bertz CT molecular complexity index is 2810. The Balaban J connectivity index is 1.28. The van der Waals surface area contributed by atoms with Crippen molar-refractivity contribution in [3.05, 3.63) is 158 Å². The van der Waals surface area contributed by atoms with Crippen LogP contribution in [-0.4, -0.2) is 0 Å². The number of benzene rings is 8. The van der Waals surface area contributed by atoms with E-state index in [9.17, 15) is 0 Å². The summed E-state index contributed by atoms with van der Waals surface area (Å²) in [4.78, 5) is 0. The van der Waals surface area contributed by atoms with Crippen LogP contribution in [0.5, 0.6) is 0 Å². The summed E-state index contributed by atoms with van der Waals surface area (Å²) in [6, 6.07) is 57.4. The first kappa shape index (κ1) is 25.6. The maximum absolute atomic E-state index is 6.50. The van der Waals surface area contributed by atoms with E-state index in [1.807, 2.05) is 11.3 Å². The fraction of sp³-hybridized carbons (Fsp3) is 0. The van der Waals surface area contributed by atoms with E-state index in [0.717, 1.165) is 21.9 Å². The van der Waals surface area contributed by atoms with Crippen LogP contribution in [0.3, 0.4) is 0 Å². The van der Waals surface area contributed by atoms with Crippen LogP contribution in [0.2, 0.25) is 0 Å². The zero-order valence-electron chi connectivity index (χ0n) is 24.8. The Hall–Kier alpha value is -5.70. The molecule has 0 unspecified atom stereocenters. The van der Waals surface area contributed by atoms with Crippen molar-refractivity contribution in [3.8, 4) is 33.4 Å². The second-order valence-corrected chi connectivity index (χ2v) is 13.2. The summed E-state index contributed by atoms with van der Waals surface area (Å²) in [6.45, 7) is 0. The first-order chi connectivity index (χ1) is 22.8. The molecule has 46 heavy (non-hydrogen) atoms. The van der Waals surface area contributed by atoms with Gasteiger partial charge in [0.2, 0.25) is 0 Å². The number of furan rings is 1. The topological polar surface area (TPSA) is 13.1 Å². The minimum Gasteiger partial charge on any atom is -0.456 e. The molecular formula is C44H26OS. The van der Waals surface area contributed by atoms with Crippen molar-refractivity contribution >= 4 is 75.0 Å². The summed E-state index contributed by atoms with van der Waals surface area (Å²) in [5.41, 5.74) is 9.06. The van der Waals surface area contributed by atoms with Gasteiger partial charge in [-0.15, -0.1) is 11.3 Å². The molecule has 0 aliphatic heterocycles. The largest absolute Gasteiger partial charge is 0.456 e. The van der Waals surface area contributed by atoms with E-state index in [0.29, 0.717) is 0 Å². The molecule has 0 amide bonds. The lowest BCUT2D eigenvalue weighted by Gasteiger charge is -2.14. The van der Waals surface area contributed by atoms with Gasteiger partial charge < -0.3 is 4.42 Å². The standard InChI is InChI=1S/C44H26OS/c1-2-10-28-21-31(20-19-27(28)9-1)32-22-33(24-34(23-32)36-15-8-18-42-44(36)37-13-5-6-17-41(37)46-42)35-14-7-16-39-43(35)38-25-29-11-3-4-12-30(29)26-40(38)45-39/h1-26H. The highest BCUT2D eigenvalue weighted by atomic mass is 32.1. The van der Waals surface area contributed by atoms with Crippen LogP contribution in [0.15, 0.2) is 162 Å². The van der Waals surface area contributed by atoms with E-state index in [4.69, 9.17) is 4.42 Å². The van der Waals surface area contributed by atoms with E-state index in [1.165, 1.54) is 75.1 Å². The first-order valence-corrected chi connectivity index (χ1v) is 16.5. The van der Waals surface area contributed by atoms with E-state index < -0.39 is 0 Å². The number of fused-ring (bicyclic) bond motifs is 8. The number of thiophene rings is 1. The maximum atomic E-state index is 6.50. The molecule has 1 nitrogen and oxygen atoms in total. The summed E-state index contributed by atoms with van der Waals surface area (Å²) in [5, 5.41) is 9.83. The molecule has 214 valence electrons. The molecule has 10 rings (SSSR count). The third kappa shape index (κ3) is 3.94. The van der Waals surface area contributed by atoms with Gasteiger partial charge in [-0.05, 0) is 110 Å². The number of hydrogen-bond donors (Lipinski definition) is 0. The van der Waals surface area contributed by atoms with E-state index in [2.05, 4.69) is 158 Å². The van der Waals surface area contributed by atoms with Crippen LogP contribution in [0, 0.1) is 0 Å². The Morgan fingerprint density at radius 2 is 0.978 bits per heavy atom. The first-order valence-electron chi connectivity index (χ1n) is 15.7. The van der Waals surface area contributed by atoms with Gasteiger partial charge in [0.05, 0.1) is 0 Å². The smallest absolute Gasteiger partial charge is 0.136 e. The third-order valence-corrected chi connectivity index (χ3v) is 10.5. The fourth-order valence-electron chi connectivity index (χ4n) is 7.24. The Labute approximate surface area is 269 Å². The summed E-state index contributed by atoms with van der Waals surface area (Å²) >= 11 is 1.87. The second-order valence-electron chi connectivity index (χ2n) is 12.1. The summed E-state index contributed by atoms with van der Waals surface area (Å²) in [5.74, 6) is 0. The van der Waals surface area contributed by atoms with Crippen LogP contribution in [0.4, 0.5) is 0 Å². The van der Waals surface area contributed by atoms with E-state index in [1.54, 1.807) is 0 Å². The molecule has 2 aromatic heterocycles. The lowest BCUT2D eigenvalue weighted by atomic mass is 9.90. The Morgan fingerprint density at radius 1 is 0.348 bits per heavy atom. The van der Waals surface area contributed by atoms with Crippen LogP contribution >= 0.6 is 11.3 Å². The molecule has 0 saturated carbocycles. The van der Waals surface area contributed by atoms with Crippen LogP contribution in [0.1, 0.15) is 0 Å². The van der Waals surface area contributed by atoms with Crippen LogP contribution in [0.25, 0.3) is 97.0 Å². The molecule has 0 N–H and O–H groups in total. The van der Waals surface area contributed by atoms with Crippen LogP contribution < -0.4 is 0 Å². The minimum absolute atomic E-state index is 0.909. The third-order valence-electron chi connectivity index (χ3n) is 9.40. The van der Waals surface area contributed by atoms with Gasteiger partial charge in [0.15, 0.2) is 0 Å². The van der Waals surface area contributed by atoms with Gasteiger partial charge in [0.25, 0.3) is 0 Å². The van der Waals surface area contributed by atoms with Crippen molar-refractivity contribution in [2.45, 2.75) is 0 Å². The second kappa shape index (κ2) is 9.90. The Kier molecular flexibility index (Phi) is 5.51. The zero-order chi connectivity index (χ0) is 30.2. The van der Waals surface area contributed by atoms with Crippen LogP contribution in [-0.2, 0) is 0 Å². The average molecular weight is 603 g/mol. The summed E-state index contributed by atoms with van der Waals surface area (Å²) in [6.07, 6.45) is 0. The lowest BCUT2D eigenvalue weighted by Crippen LogP contribution is -1.88. The molecule has 0 saturated heterocycles. The molecular weight excluding hydrogens is 577 g/mol. The van der Waals surface area contributed by atoms with Gasteiger partial charge in [-0.2, -0.15) is 0 Å². The number of hydrogen-bond acceptors (Lipinski definition) is 2. The van der Waals surface area contributed by atoms with Gasteiger partial charge >= 0.3 is 0 Å². The molecule has 0 atom stereocenters. The van der Waals surface area contributed by atoms with Crippen molar-refractivity contribution in [2.75, 3.05) is 0 Å². The van der Waals surface area contributed by atoms with Crippen molar-refractivity contribution in [2.24, 2.45) is 0 Å². The van der Waals surface area contributed by atoms with Gasteiger partial charge in [-0.1, -0.05) is 103 Å². The zero-order valence-corrected chi connectivity index (χ0v) is 25.6. The predicted octanol–water partition coefficient (Wildman–Crippen LogP) is 13.3. The Morgan fingerprint density at radius 3 is 1.80 bits per heavy atom. The molecule has 0 aliphatic rings. The molecule has 0 bridgehead atoms. The molecule has 2 heteroatoms. The van der Waals surface area contributed by atoms with Crippen molar-refractivity contribution in [1.29, 1.82) is 0 Å². The van der Waals surface area contributed by atoms with Gasteiger partial charge in [-0.3, -0.25) is 0 Å². The monoisotopic (exact) mass is 602 g/mol. The van der Waals surface area contributed by atoms with Crippen molar-refractivity contribution < 1.29 is 4.42 Å². The predicted molar refractivity (Wildman–Crippen MR) is 198 cm³/mol. The summed E-state index contributed by atoms with van der Waals surface area (Å²) < 4.78 is 9.13. The molecule has 0 aliphatic carbocycles. The highest BCUT2D eigenvalue weighted by Gasteiger charge is 2.17. The number of rotatable bonds is 3. The van der Waals surface area contributed by atoms with Crippen molar-refractivity contribution in [3.63, 3.8) is 0 Å². The fourth-order valence-corrected chi connectivity index (χ4v) is 8.37. The highest BCUT2D eigenvalue weighted by Crippen LogP contribution is 2.44. The SMILES string of the molecule is c1ccc2cc(-c3cc(-c4cccc5oc6cc7ccccc7cc6c45)cc(-c4cccc5sc6ccccc6c45)c3)ccc2c1. The van der Waals surface area contributed by atoms with Crippen molar-refractivity contribution in [1.82, 2.24) is 0 Å². The molecule has 2 heterocycles. The summed E-state index contributed by atoms with van der Waals surface area (Å²) in [7, 11) is 0. The minimum atomic E-state index is 0.909. The van der Waals surface area contributed by atoms with Gasteiger partial charge in [-0.25, -0.2) is 0 Å². The van der Waals surface area contributed by atoms with E-state index in [-0.39, 0.29) is 0 Å². The van der Waals surface area contributed by atoms with Gasteiger partial charge in [0, 0.05) is 30.9 Å². The molecule has 0 radical (unpaired) electrons. The molecule has 8 aromatic carbocycles.